The number of alkyl halides is 9. The van der Waals surface area contributed by atoms with Gasteiger partial charge in [0, 0.05) is 0 Å². The van der Waals surface area contributed by atoms with Gasteiger partial charge in [-0.15, -0.1) is 0 Å². The van der Waals surface area contributed by atoms with E-state index in [1.54, 1.807) is 18.2 Å². The smallest absolute Gasteiger partial charge is 0.204 e. The van der Waals surface area contributed by atoms with Crippen molar-refractivity contribution >= 4 is 160 Å². The number of aliphatic hydroxyl groups is 1. The van der Waals surface area contributed by atoms with Gasteiger partial charge in [0.05, 0.1) is 0 Å². The summed E-state index contributed by atoms with van der Waals surface area (Å²) in [5, 5.41) is 11.2. The molecule has 6 atom stereocenters. The van der Waals surface area contributed by atoms with Crippen molar-refractivity contribution in [1.29, 1.82) is 0 Å². The summed E-state index contributed by atoms with van der Waals surface area (Å²) in [5.74, 6) is 0. The van der Waals surface area contributed by atoms with Gasteiger partial charge in [0.25, 0.3) is 0 Å². The lowest BCUT2D eigenvalue weighted by atomic mass is 9.68. The Hall–Kier alpha value is 2.60. The summed E-state index contributed by atoms with van der Waals surface area (Å²) in [7, 11) is 0. The van der Waals surface area contributed by atoms with Gasteiger partial charge in [-0.3, -0.25) is 3.83 Å². The maximum atomic E-state index is 11.2. The minimum atomic E-state index is -1.52. The molecule has 2 aliphatic carbocycles. The first-order valence-electron chi connectivity index (χ1n) is 10.5. The van der Waals surface area contributed by atoms with Crippen LogP contribution in [0, 0.1) is 0 Å². The van der Waals surface area contributed by atoms with Crippen molar-refractivity contribution < 1.29 is 13.7 Å². The molecule has 0 bridgehead atoms. The van der Waals surface area contributed by atoms with E-state index in [0.717, 1.165) is 11.1 Å². The number of hydrogen-bond acceptors (Lipinski definition) is 3. The van der Waals surface area contributed by atoms with Gasteiger partial charge < -0.3 is 9.84 Å². The molecule has 37 heavy (non-hydrogen) atoms. The van der Waals surface area contributed by atoms with Crippen LogP contribution >= 0.6 is 160 Å². The van der Waals surface area contributed by atoms with Crippen molar-refractivity contribution in [3.05, 3.63) is 96.1 Å². The van der Waals surface area contributed by atoms with Crippen LogP contribution in [0.25, 0.3) is 0 Å². The third-order valence-corrected chi connectivity index (χ3v) is 24.5. The number of benzene rings is 2. The average molecular weight is 1150 g/mol. The molecule has 2 aliphatic rings. The highest BCUT2D eigenvalue weighted by Gasteiger charge is 2.88. The molecule has 4 rings (SSSR count). The summed E-state index contributed by atoms with van der Waals surface area (Å²) in [6.07, 6.45) is 6.10. The molecule has 1 fully saturated rings. The molecule has 1 N–H and O–H groups in total. The number of hydrogen-bond donors (Lipinski definition) is 1. The van der Waals surface area contributed by atoms with Crippen LogP contribution in [-0.4, -0.2) is 31.2 Å². The highest BCUT2D eigenvalue weighted by molar-refractivity contribution is 9.31. The summed E-state index contributed by atoms with van der Waals surface area (Å²) in [6, 6.07) is 19.8. The van der Waals surface area contributed by atoms with Gasteiger partial charge in [-0.1, -0.05) is 174 Å². The number of allylic oxidation sites excluding steroid dienone is 2. The van der Waals surface area contributed by atoms with Gasteiger partial charge in [0.1, 0.15) is 34.2 Å². The van der Waals surface area contributed by atoms with E-state index in [0.29, 0.717) is 0 Å². The normalized spacial score (nSPS) is 40.5. The average Bonchev–Trinajstić information content (AvgIpc) is 2.88. The largest absolute Gasteiger partial charge is 0.372 e. The minimum Gasteiger partial charge on any atom is -0.372 e. The summed E-state index contributed by atoms with van der Waals surface area (Å²) in [6.45, 7) is 0. The Bertz CT molecular complexity index is 1210. The Kier molecular flexibility index (Phi) is 9.90. The lowest BCUT2D eigenvalue weighted by Crippen LogP contribution is -2.82. The first-order chi connectivity index (χ1) is 17.1. The third-order valence-electron chi connectivity index (χ3n) is 6.43. The van der Waals surface area contributed by atoms with Crippen LogP contribution in [0.2, 0.25) is 0 Å². The van der Waals surface area contributed by atoms with Crippen molar-refractivity contribution in [1.82, 2.24) is 0 Å². The number of rotatable bonds is 5. The summed E-state index contributed by atoms with van der Waals surface area (Å²) >= 11 is 38.9. The molecule has 13 heteroatoms. The zero-order valence-electron chi connectivity index (χ0n) is 18.2. The second-order valence-electron chi connectivity index (χ2n) is 8.48. The van der Waals surface area contributed by atoms with Crippen LogP contribution in [0.15, 0.2) is 85.0 Å². The highest BCUT2D eigenvalue weighted by atomic mass is 79.9. The van der Waals surface area contributed by atoms with Gasteiger partial charge >= 0.3 is 0 Å². The lowest BCUT2D eigenvalue weighted by molar-refractivity contribution is -0.144. The van der Waals surface area contributed by atoms with Crippen molar-refractivity contribution in [3.8, 4) is 0 Å². The van der Waals surface area contributed by atoms with Gasteiger partial charge in [-0.2, -0.15) is 0 Å². The summed E-state index contributed by atoms with van der Waals surface area (Å²) in [4.78, 5) is 0. The second kappa shape index (κ2) is 11.3. The van der Waals surface area contributed by atoms with Crippen LogP contribution in [0.1, 0.15) is 11.1 Å². The first-order valence-corrected chi connectivity index (χ1v) is 18.2. The van der Waals surface area contributed by atoms with Gasteiger partial charge in [-0.25, -0.2) is 0 Å². The summed E-state index contributed by atoms with van der Waals surface area (Å²) < 4.78 is 4.15. The molecule has 2 aromatic carbocycles. The molecule has 0 heterocycles. The Balaban J connectivity index is 2.16. The van der Waals surface area contributed by atoms with Gasteiger partial charge in [0.2, 0.25) is 4.51 Å². The van der Waals surface area contributed by atoms with E-state index in [1.165, 1.54) is 0 Å². The molecule has 0 aliphatic heterocycles. The molecule has 3 nitrogen and oxygen atoms in total. The molecule has 0 spiro atoms. The molecule has 0 aromatic heterocycles. The minimum absolute atomic E-state index is 0.841. The summed E-state index contributed by atoms with van der Waals surface area (Å²) in [5.41, 5.74) is 1.74. The number of halogens is 10. The van der Waals surface area contributed by atoms with E-state index in [4.69, 9.17) is 8.57 Å². The van der Waals surface area contributed by atoms with E-state index in [2.05, 4.69) is 160 Å². The van der Waals surface area contributed by atoms with Gasteiger partial charge in [0.15, 0.2) is 12.3 Å². The van der Waals surface area contributed by atoms with Crippen molar-refractivity contribution in [2.24, 2.45) is 0 Å². The fraction of sp³-hybridized carbons (Fsp3) is 0.333. The van der Waals surface area contributed by atoms with Crippen LogP contribution in [0.4, 0.5) is 0 Å². The zero-order valence-corrected chi connectivity index (χ0v) is 34.1. The maximum absolute atomic E-state index is 11.2. The zero-order chi connectivity index (χ0) is 27.5. The van der Waals surface area contributed by atoms with Gasteiger partial charge in [-0.05, 0) is 65.0 Å². The van der Waals surface area contributed by atoms with Crippen LogP contribution < -0.4 is 0 Å². The molecular formula is C24H16Br10O3. The fourth-order valence-corrected chi connectivity index (χ4v) is 15.7. The first kappa shape index (κ1) is 32.5. The molecule has 2 aromatic rings. The fourth-order valence-electron chi connectivity index (χ4n) is 4.52. The van der Waals surface area contributed by atoms with E-state index in [1.807, 2.05) is 66.7 Å². The Labute approximate surface area is 299 Å². The number of ether oxygens (including phenoxy) is 1. The lowest BCUT2D eigenvalue weighted by Gasteiger charge is -2.69. The Morgan fingerprint density at radius 1 is 0.622 bits per heavy atom. The standard InChI is InChI=1S/C24H16Br10O3/c25-18(35)14-8-7-13-17(18)36-23(32)20(27,16-11-5-2-6-12-16)19(26,15-9-3-1-4-10-15)21(28,29)22(30,31)24(23,33)37-34/h1-14,17,35H. The van der Waals surface area contributed by atoms with Crippen molar-refractivity contribution in [3.63, 3.8) is 0 Å². The maximum Gasteiger partial charge on any atom is 0.204 e. The van der Waals surface area contributed by atoms with E-state index in [9.17, 15) is 5.11 Å². The van der Waals surface area contributed by atoms with E-state index >= 15 is 0 Å². The predicted octanol–water partition coefficient (Wildman–Crippen LogP) is 10.7. The molecule has 0 saturated heterocycles. The SMILES string of the molecule is OC1(Br)C=CC=CC1OC1(Br)C(Br)(OBr)C(Br)(Br)C(Br)(Br)C(Br)(c2ccccc2)C1(Br)c1ccccc1. The third kappa shape index (κ3) is 4.55. The predicted molar refractivity (Wildman–Crippen MR) is 186 cm³/mol. The molecule has 200 valence electrons. The monoisotopic (exact) mass is 1140 g/mol. The highest BCUT2D eigenvalue weighted by Crippen LogP contribution is 2.83. The molecule has 0 amide bonds. The topological polar surface area (TPSA) is 38.7 Å². The molecular weight excluding hydrogens is 1140 g/mol. The van der Waals surface area contributed by atoms with E-state index < -0.39 is 34.8 Å². The van der Waals surface area contributed by atoms with Crippen molar-refractivity contribution in [2.45, 2.75) is 34.8 Å². The van der Waals surface area contributed by atoms with Crippen LogP contribution in [-0.2, 0) is 17.2 Å². The quantitative estimate of drug-likeness (QED) is 0.303. The Morgan fingerprint density at radius 3 is 1.57 bits per heavy atom. The second-order valence-corrected chi connectivity index (χ2v) is 21.6. The van der Waals surface area contributed by atoms with Crippen molar-refractivity contribution in [2.75, 3.05) is 0 Å². The molecule has 6 unspecified atom stereocenters. The molecule has 0 radical (unpaired) electrons. The van der Waals surface area contributed by atoms with Crippen LogP contribution in [0.3, 0.4) is 0 Å². The molecule has 1 saturated carbocycles. The van der Waals surface area contributed by atoms with E-state index in [-0.39, 0.29) is 0 Å². The van der Waals surface area contributed by atoms with Crippen LogP contribution in [0.5, 0.6) is 0 Å². The Morgan fingerprint density at radius 2 is 1.11 bits per heavy atom.